The minimum absolute atomic E-state index is 0. The topological polar surface area (TPSA) is 85.1 Å². The quantitative estimate of drug-likeness (QED) is 0.893. The molecule has 1 aliphatic carbocycles. The molecular weight excluding hydrogens is 298 g/mol. The first-order valence-electron chi connectivity index (χ1n) is 6.57. The van der Waals surface area contributed by atoms with Crippen LogP contribution in [-0.2, 0) is 11.2 Å². The molecule has 0 aromatic carbocycles. The largest absolute Gasteiger partial charge is 0.318 e. The molecule has 0 spiro atoms. The first-order chi connectivity index (χ1) is 8.94. The van der Waals surface area contributed by atoms with Crippen molar-refractivity contribution in [2.24, 2.45) is 5.73 Å². The molecule has 5 nitrogen and oxygen atoms in total. The first kappa shape index (κ1) is 17.1. The molecule has 2 rings (SSSR count). The van der Waals surface area contributed by atoms with E-state index in [0.29, 0.717) is 22.9 Å². The van der Waals surface area contributed by atoms with Crippen molar-refractivity contribution in [3.05, 3.63) is 10.6 Å². The Morgan fingerprint density at radius 3 is 2.80 bits per heavy atom. The van der Waals surface area contributed by atoms with E-state index in [1.54, 1.807) is 6.92 Å². The molecular formula is C13H20ClN3O2S. The zero-order chi connectivity index (χ0) is 14.0. The fourth-order valence-corrected chi connectivity index (χ4v) is 3.17. The van der Waals surface area contributed by atoms with Gasteiger partial charge in [-0.15, -0.1) is 12.4 Å². The van der Waals surface area contributed by atoms with Crippen LogP contribution in [0.5, 0.6) is 0 Å². The van der Waals surface area contributed by atoms with Gasteiger partial charge < -0.3 is 11.1 Å². The molecule has 0 saturated carbocycles. The van der Waals surface area contributed by atoms with Gasteiger partial charge in [0.15, 0.2) is 10.9 Å². The Morgan fingerprint density at radius 1 is 1.50 bits per heavy atom. The molecule has 1 aromatic heterocycles. The number of fused-ring (bicyclic) bond motifs is 1. The molecule has 1 unspecified atom stereocenters. The number of carbonyl (C=O) groups excluding carboxylic acids is 2. The highest BCUT2D eigenvalue weighted by Crippen LogP contribution is 2.30. The lowest BCUT2D eigenvalue weighted by Crippen LogP contribution is -2.48. The Balaban J connectivity index is 0.00000200. The molecule has 1 amide bonds. The third-order valence-electron chi connectivity index (χ3n) is 3.28. The number of hydrogen-bond acceptors (Lipinski definition) is 5. The lowest BCUT2D eigenvalue weighted by molar-refractivity contribution is -0.120. The number of aryl methyl sites for hydroxylation is 1. The number of carbonyl (C=O) groups is 2. The number of thiazole rings is 1. The summed E-state index contributed by atoms with van der Waals surface area (Å²) in [6, 6.07) is 0. The lowest BCUT2D eigenvalue weighted by atomic mass is 9.97. The van der Waals surface area contributed by atoms with Crippen LogP contribution < -0.4 is 11.1 Å². The summed E-state index contributed by atoms with van der Waals surface area (Å²) in [4.78, 5) is 28.8. The van der Waals surface area contributed by atoms with E-state index in [0.717, 1.165) is 25.0 Å². The molecule has 1 aliphatic rings. The highest BCUT2D eigenvalue weighted by atomic mass is 35.5. The van der Waals surface area contributed by atoms with Crippen LogP contribution in [0, 0.1) is 0 Å². The van der Waals surface area contributed by atoms with E-state index in [1.165, 1.54) is 11.3 Å². The predicted molar refractivity (Wildman–Crippen MR) is 82.8 cm³/mol. The molecule has 0 radical (unpaired) electrons. The van der Waals surface area contributed by atoms with E-state index < -0.39 is 5.54 Å². The van der Waals surface area contributed by atoms with E-state index in [-0.39, 0.29) is 24.1 Å². The van der Waals surface area contributed by atoms with Crippen molar-refractivity contribution in [1.82, 2.24) is 4.98 Å². The van der Waals surface area contributed by atoms with Gasteiger partial charge >= 0.3 is 0 Å². The third-order valence-corrected chi connectivity index (χ3v) is 4.33. The number of amides is 1. The monoisotopic (exact) mass is 317 g/mol. The number of Topliss-reactive ketones (excluding diaryl/α,β-unsaturated/α-hetero) is 1. The van der Waals surface area contributed by atoms with Crippen LogP contribution in [0.25, 0.3) is 0 Å². The van der Waals surface area contributed by atoms with Crippen molar-refractivity contribution in [2.75, 3.05) is 5.32 Å². The zero-order valence-corrected chi connectivity index (χ0v) is 13.3. The van der Waals surface area contributed by atoms with Gasteiger partial charge in [-0.05, 0) is 26.2 Å². The summed E-state index contributed by atoms with van der Waals surface area (Å²) in [5.74, 6) is -0.115. The van der Waals surface area contributed by atoms with Crippen LogP contribution in [0.2, 0.25) is 0 Å². The summed E-state index contributed by atoms with van der Waals surface area (Å²) in [7, 11) is 0. The van der Waals surface area contributed by atoms with Crippen LogP contribution in [0.4, 0.5) is 5.13 Å². The van der Waals surface area contributed by atoms with Gasteiger partial charge in [-0.25, -0.2) is 4.98 Å². The number of anilines is 1. The number of nitrogens with two attached hydrogens (primary N) is 1. The Bertz CT molecular complexity index is 514. The highest BCUT2D eigenvalue weighted by molar-refractivity contribution is 7.17. The first-order valence-corrected chi connectivity index (χ1v) is 7.39. The van der Waals surface area contributed by atoms with Crippen molar-refractivity contribution in [1.29, 1.82) is 0 Å². The van der Waals surface area contributed by atoms with Crippen LogP contribution >= 0.6 is 23.7 Å². The van der Waals surface area contributed by atoms with E-state index >= 15 is 0 Å². The average molecular weight is 318 g/mol. The van der Waals surface area contributed by atoms with Crippen molar-refractivity contribution in [2.45, 2.75) is 51.5 Å². The maximum absolute atomic E-state index is 12.1. The fraction of sp³-hybridized carbons (Fsp3) is 0.615. The van der Waals surface area contributed by atoms with E-state index in [9.17, 15) is 9.59 Å². The van der Waals surface area contributed by atoms with Gasteiger partial charge in [-0.3, -0.25) is 9.59 Å². The number of ketones is 1. The second kappa shape index (κ2) is 6.65. The Morgan fingerprint density at radius 2 is 2.20 bits per heavy atom. The zero-order valence-electron chi connectivity index (χ0n) is 11.7. The van der Waals surface area contributed by atoms with Gasteiger partial charge in [0, 0.05) is 6.42 Å². The normalized spacial score (nSPS) is 16.9. The number of aromatic nitrogens is 1. The molecule has 112 valence electrons. The maximum Gasteiger partial charge on any atom is 0.245 e. The molecule has 3 N–H and O–H groups in total. The molecule has 0 fully saturated rings. The molecule has 1 atom stereocenters. The number of nitrogens with zero attached hydrogens (tertiary/aromatic N) is 1. The van der Waals surface area contributed by atoms with Crippen molar-refractivity contribution < 1.29 is 9.59 Å². The Hall–Kier alpha value is -0.980. The summed E-state index contributed by atoms with van der Waals surface area (Å²) >= 11 is 1.26. The Labute approximate surface area is 128 Å². The third kappa shape index (κ3) is 3.56. The van der Waals surface area contributed by atoms with Crippen molar-refractivity contribution in [3.63, 3.8) is 0 Å². The fourth-order valence-electron chi connectivity index (χ4n) is 2.20. The van der Waals surface area contributed by atoms with Gasteiger partial charge in [0.2, 0.25) is 5.91 Å². The molecule has 0 saturated heterocycles. The Kier molecular flexibility index (Phi) is 5.68. The predicted octanol–water partition coefficient (Wildman–Crippen LogP) is 2.54. The number of nitrogens with one attached hydrogen (secondary N) is 1. The SMILES string of the molecule is CCCC(C)(N)C(=O)Nc1nc2c(s1)C(=O)CCC2.Cl. The van der Waals surface area contributed by atoms with E-state index in [2.05, 4.69) is 10.3 Å². The smallest absolute Gasteiger partial charge is 0.245 e. The summed E-state index contributed by atoms with van der Waals surface area (Å²) in [6.45, 7) is 3.70. The van der Waals surface area contributed by atoms with Crippen LogP contribution in [0.1, 0.15) is 54.9 Å². The average Bonchev–Trinajstić information content (AvgIpc) is 2.73. The maximum atomic E-state index is 12.1. The molecule has 1 aromatic rings. The van der Waals surface area contributed by atoms with Gasteiger partial charge in [0.1, 0.15) is 0 Å². The minimum Gasteiger partial charge on any atom is -0.318 e. The van der Waals surface area contributed by atoms with E-state index in [1.807, 2.05) is 6.92 Å². The molecule has 7 heteroatoms. The van der Waals surface area contributed by atoms with Crippen LogP contribution in [0.3, 0.4) is 0 Å². The van der Waals surface area contributed by atoms with Crippen LogP contribution in [0.15, 0.2) is 0 Å². The highest BCUT2D eigenvalue weighted by Gasteiger charge is 2.29. The number of hydrogen-bond donors (Lipinski definition) is 2. The lowest BCUT2D eigenvalue weighted by Gasteiger charge is -2.21. The van der Waals surface area contributed by atoms with E-state index in [4.69, 9.17) is 5.73 Å². The second-order valence-corrected chi connectivity index (χ2v) is 6.19. The van der Waals surface area contributed by atoms with Gasteiger partial charge in [0.05, 0.1) is 16.1 Å². The van der Waals surface area contributed by atoms with Gasteiger partial charge in [-0.2, -0.15) is 0 Å². The van der Waals surface area contributed by atoms with Crippen molar-refractivity contribution >= 4 is 40.6 Å². The molecule has 0 bridgehead atoms. The number of rotatable bonds is 4. The molecule has 20 heavy (non-hydrogen) atoms. The molecule has 0 aliphatic heterocycles. The summed E-state index contributed by atoms with van der Waals surface area (Å²) < 4.78 is 0. The summed E-state index contributed by atoms with van der Waals surface area (Å²) in [6.07, 6.45) is 3.68. The summed E-state index contributed by atoms with van der Waals surface area (Å²) in [5, 5.41) is 3.22. The molecule has 1 heterocycles. The summed E-state index contributed by atoms with van der Waals surface area (Å²) in [5.41, 5.74) is 5.88. The standard InChI is InChI=1S/C13H19N3O2S.ClH/c1-3-7-13(2,14)11(18)16-12-15-8-5-4-6-9(17)10(8)19-12;/h3-7,14H2,1-2H3,(H,15,16,18);1H. The van der Waals surface area contributed by atoms with Gasteiger partial charge in [0.25, 0.3) is 0 Å². The van der Waals surface area contributed by atoms with Crippen molar-refractivity contribution in [3.8, 4) is 0 Å². The minimum atomic E-state index is -0.898. The van der Waals surface area contributed by atoms with Crippen LogP contribution in [-0.4, -0.2) is 22.2 Å². The van der Waals surface area contributed by atoms with Gasteiger partial charge in [-0.1, -0.05) is 24.7 Å². The number of halogens is 1. The second-order valence-electron chi connectivity index (χ2n) is 5.19.